The molecule has 0 saturated carbocycles. The summed E-state index contributed by atoms with van der Waals surface area (Å²) in [7, 11) is 0. The van der Waals surface area contributed by atoms with Gasteiger partial charge < -0.3 is 20.9 Å². The van der Waals surface area contributed by atoms with Gasteiger partial charge in [0.15, 0.2) is 0 Å². The molecule has 190 valence electrons. The van der Waals surface area contributed by atoms with Crippen LogP contribution in [0.3, 0.4) is 0 Å². The Balaban J connectivity index is 1.49. The van der Waals surface area contributed by atoms with E-state index in [1.54, 1.807) is 4.90 Å². The maximum absolute atomic E-state index is 12.9. The molecule has 2 fully saturated rings. The predicted molar refractivity (Wildman–Crippen MR) is 139 cm³/mol. The molecule has 0 spiro atoms. The zero-order chi connectivity index (χ0) is 25.2. The quantitative estimate of drug-likeness (QED) is 0.404. The van der Waals surface area contributed by atoms with E-state index < -0.39 is 5.92 Å². The summed E-state index contributed by atoms with van der Waals surface area (Å²) >= 11 is 1.54. The number of nitrogens with zero attached hydrogens (tertiary/aromatic N) is 3. The third-order valence-electron chi connectivity index (χ3n) is 6.28. The van der Waals surface area contributed by atoms with Crippen LogP contribution in [0.4, 0.5) is 11.4 Å². The Hall–Kier alpha value is -2.77. The van der Waals surface area contributed by atoms with Gasteiger partial charge in [-0.1, -0.05) is 6.07 Å². The van der Waals surface area contributed by atoms with Gasteiger partial charge in [0.25, 0.3) is 0 Å². The average molecular weight is 501 g/mol. The summed E-state index contributed by atoms with van der Waals surface area (Å²) in [5.74, 6) is -1.00. The van der Waals surface area contributed by atoms with Crippen LogP contribution in [-0.2, 0) is 14.4 Å². The molecule has 3 atom stereocenters. The molecule has 35 heavy (non-hydrogen) atoms. The highest BCUT2D eigenvalue weighted by atomic mass is 32.2. The van der Waals surface area contributed by atoms with E-state index in [0.29, 0.717) is 39.0 Å². The van der Waals surface area contributed by atoms with Crippen LogP contribution in [0.15, 0.2) is 24.3 Å². The van der Waals surface area contributed by atoms with E-state index in [2.05, 4.69) is 26.9 Å². The van der Waals surface area contributed by atoms with Crippen molar-refractivity contribution >= 4 is 40.9 Å². The number of hydrogen-bond acceptors (Lipinski definition) is 7. The number of benzene rings is 1. The van der Waals surface area contributed by atoms with Crippen molar-refractivity contribution in [2.75, 3.05) is 49.9 Å². The molecular formula is C25H36N6O3S. The summed E-state index contributed by atoms with van der Waals surface area (Å²) in [6.07, 6.45) is 3.26. The average Bonchev–Trinajstić information content (AvgIpc) is 3.45. The molecular weight excluding hydrogens is 464 g/mol. The zero-order valence-electron chi connectivity index (χ0n) is 20.6. The minimum atomic E-state index is -0.769. The lowest BCUT2D eigenvalue weighted by molar-refractivity contribution is -0.131. The first-order valence-corrected chi connectivity index (χ1v) is 13.4. The minimum Gasteiger partial charge on any atom is -0.385 e. The number of rotatable bonds is 12. The Labute approximate surface area is 212 Å². The van der Waals surface area contributed by atoms with Crippen LogP contribution in [0, 0.1) is 17.2 Å². The molecule has 1 aromatic carbocycles. The van der Waals surface area contributed by atoms with E-state index in [1.807, 2.05) is 38.1 Å². The second-order valence-electron chi connectivity index (χ2n) is 8.84. The number of hydrogen-bond donors (Lipinski definition) is 3. The summed E-state index contributed by atoms with van der Waals surface area (Å²) in [5, 5.41) is 18.0. The van der Waals surface area contributed by atoms with E-state index in [-0.39, 0.29) is 28.3 Å². The molecule has 9 nitrogen and oxygen atoms in total. The molecule has 0 bridgehead atoms. The van der Waals surface area contributed by atoms with Crippen molar-refractivity contribution in [2.45, 2.75) is 50.2 Å². The predicted octanol–water partition coefficient (Wildman–Crippen LogP) is 2.48. The smallest absolute Gasteiger partial charge is 0.238 e. The van der Waals surface area contributed by atoms with Crippen LogP contribution in [-0.4, -0.2) is 77.4 Å². The van der Waals surface area contributed by atoms with Gasteiger partial charge in [0.05, 0.1) is 23.2 Å². The number of carbonyl (C=O) groups excluding carboxylic acids is 3. The first kappa shape index (κ1) is 26.8. The highest BCUT2D eigenvalue weighted by Gasteiger charge is 2.40. The third kappa shape index (κ3) is 7.61. The molecule has 2 saturated heterocycles. The van der Waals surface area contributed by atoms with E-state index in [1.165, 1.54) is 11.8 Å². The highest BCUT2D eigenvalue weighted by molar-refractivity contribution is 8.01. The van der Waals surface area contributed by atoms with Gasteiger partial charge in [0.1, 0.15) is 5.92 Å². The van der Waals surface area contributed by atoms with Gasteiger partial charge in [-0.15, -0.1) is 11.8 Å². The summed E-state index contributed by atoms with van der Waals surface area (Å²) in [4.78, 5) is 41.3. The Morgan fingerprint density at radius 3 is 2.66 bits per heavy atom. The summed E-state index contributed by atoms with van der Waals surface area (Å²) < 4.78 is 0. The molecule has 1 aromatic rings. The number of nitrogens with one attached hydrogen (secondary N) is 3. The SMILES string of the molecule is CCNC(=O)C(C#N)CC1SC(CCNc2cccc(NC(=O)CN3CCCC3)c2)C(=O)N1CC. The lowest BCUT2D eigenvalue weighted by Gasteiger charge is -2.23. The standard InChI is InChI=1S/C25H36N6O3S/c1-3-27-24(33)18(16-26)14-23-31(4-2)25(34)21(35-23)10-11-28-19-8-7-9-20(15-19)29-22(32)17-30-12-5-6-13-30/h7-9,15,18,21,23,28H,3-6,10-14,17H2,1-2H3,(H,27,33)(H,29,32). The largest absolute Gasteiger partial charge is 0.385 e. The van der Waals surface area contributed by atoms with Gasteiger partial charge in [-0.2, -0.15) is 5.26 Å². The fraction of sp³-hybridized carbons (Fsp3) is 0.600. The topological polar surface area (TPSA) is 118 Å². The molecule has 3 amide bonds. The van der Waals surface area contributed by atoms with Gasteiger partial charge in [-0.25, -0.2) is 0 Å². The van der Waals surface area contributed by atoms with Crippen molar-refractivity contribution in [1.82, 2.24) is 15.1 Å². The van der Waals surface area contributed by atoms with E-state index in [9.17, 15) is 19.6 Å². The van der Waals surface area contributed by atoms with Gasteiger partial charge in [-0.05, 0) is 64.4 Å². The maximum atomic E-state index is 12.9. The Morgan fingerprint density at radius 1 is 1.23 bits per heavy atom. The van der Waals surface area contributed by atoms with Crippen molar-refractivity contribution in [2.24, 2.45) is 5.92 Å². The Kier molecular flexibility index (Phi) is 10.2. The molecule has 3 unspecified atom stereocenters. The number of anilines is 2. The van der Waals surface area contributed by atoms with Crippen LogP contribution in [0.5, 0.6) is 0 Å². The van der Waals surface area contributed by atoms with Crippen molar-refractivity contribution in [1.29, 1.82) is 5.26 Å². The lowest BCUT2D eigenvalue weighted by atomic mass is 10.1. The van der Waals surface area contributed by atoms with Crippen LogP contribution < -0.4 is 16.0 Å². The first-order valence-electron chi connectivity index (χ1n) is 12.4. The van der Waals surface area contributed by atoms with E-state index >= 15 is 0 Å². The summed E-state index contributed by atoms with van der Waals surface area (Å²) in [6.45, 7) is 7.73. The van der Waals surface area contributed by atoms with Crippen LogP contribution in [0.1, 0.15) is 39.5 Å². The van der Waals surface area contributed by atoms with E-state index in [4.69, 9.17) is 0 Å². The maximum Gasteiger partial charge on any atom is 0.238 e. The molecule has 0 aliphatic carbocycles. The monoisotopic (exact) mass is 500 g/mol. The Morgan fingerprint density at radius 2 is 1.97 bits per heavy atom. The number of nitriles is 1. The molecule has 0 radical (unpaired) electrons. The van der Waals surface area contributed by atoms with Gasteiger partial charge in [0, 0.05) is 37.4 Å². The number of amides is 3. The van der Waals surface area contributed by atoms with Crippen LogP contribution in [0.2, 0.25) is 0 Å². The lowest BCUT2D eigenvalue weighted by Crippen LogP contribution is -2.38. The molecule has 0 aromatic heterocycles. The van der Waals surface area contributed by atoms with Crippen LogP contribution in [0.25, 0.3) is 0 Å². The van der Waals surface area contributed by atoms with E-state index in [0.717, 1.165) is 37.3 Å². The first-order chi connectivity index (χ1) is 16.9. The molecule has 2 aliphatic rings. The van der Waals surface area contributed by atoms with Crippen molar-refractivity contribution < 1.29 is 14.4 Å². The molecule has 2 heterocycles. The third-order valence-corrected chi connectivity index (χ3v) is 7.80. The zero-order valence-corrected chi connectivity index (χ0v) is 21.4. The molecule has 3 N–H and O–H groups in total. The molecule has 3 rings (SSSR count). The fourth-order valence-electron chi connectivity index (χ4n) is 4.50. The number of carbonyl (C=O) groups is 3. The summed E-state index contributed by atoms with van der Waals surface area (Å²) in [5.41, 5.74) is 1.62. The highest BCUT2D eigenvalue weighted by Crippen LogP contribution is 2.37. The molecule has 10 heteroatoms. The minimum absolute atomic E-state index is 0.00834. The van der Waals surface area contributed by atoms with Gasteiger partial charge in [-0.3, -0.25) is 19.3 Å². The van der Waals surface area contributed by atoms with Crippen molar-refractivity contribution in [3.63, 3.8) is 0 Å². The molecule has 2 aliphatic heterocycles. The van der Waals surface area contributed by atoms with Crippen LogP contribution >= 0.6 is 11.8 Å². The van der Waals surface area contributed by atoms with Crippen molar-refractivity contribution in [3.05, 3.63) is 24.3 Å². The number of likely N-dealkylation sites (tertiary alicyclic amines) is 1. The normalized spacial score (nSPS) is 20.9. The van der Waals surface area contributed by atoms with Gasteiger partial charge in [0.2, 0.25) is 17.7 Å². The Bertz CT molecular complexity index is 930. The van der Waals surface area contributed by atoms with Gasteiger partial charge >= 0.3 is 0 Å². The second kappa shape index (κ2) is 13.4. The fourth-order valence-corrected chi connectivity index (χ4v) is 6.09. The van der Waals surface area contributed by atoms with Crippen molar-refractivity contribution in [3.8, 4) is 6.07 Å². The summed E-state index contributed by atoms with van der Waals surface area (Å²) in [6, 6.07) is 9.68. The second-order valence-corrected chi connectivity index (χ2v) is 10.2. The number of thioether (sulfide) groups is 1.